The Balaban J connectivity index is 2.03. The fourth-order valence-electron chi connectivity index (χ4n) is 2.98. The number of aromatic amines is 1. The Morgan fingerprint density at radius 2 is 1.88 bits per heavy atom. The van der Waals surface area contributed by atoms with Crippen molar-refractivity contribution in [1.29, 1.82) is 0 Å². The number of amides is 2. The zero-order chi connectivity index (χ0) is 24.3. The maximum absolute atomic E-state index is 12.9. The summed E-state index contributed by atoms with van der Waals surface area (Å²) in [5.41, 5.74) is 3.08. The van der Waals surface area contributed by atoms with E-state index >= 15 is 0 Å². The Bertz CT molecular complexity index is 1380. The van der Waals surface area contributed by atoms with Crippen LogP contribution in [-0.4, -0.2) is 45.6 Å². The predicted octanol–water partition coefficient (Wildman–Crippen LogP) is 0.395. The van der Waals surface area contributed by atoms with Crippen LogP contribution in [0.25, 0.3) is 11.0 Å². The number of carbonyl (C=O) groups is 4. The van der Waals surface area contributed by atoms with Gasteiger partial charge in [0, 0.05) is 12.1 Å². The number of H-pyrrole nitrogens is 1. The van der Waals surface area contributed by atoms with Crippen LogP contribution in [0.2, 0.25) is 0 Å². The van der Waals surface area contributed by atoms with Gasteiger partial charge in [-0.2, -0.15) is 0 Å². The number of primary amides is 1. The number of non-ortho nitro benzene ring substituents is 1. The molecule has 1 aromatic heterocycles. The average Bonchev–Trinajstić information content (AvgIpc) is 2.78. The summed E-state index contributed by atoms with van der Waals surface area (Å²) >= 11 is 0. The van der Waals surface area contributed by atoms with E-state index in [-0.39, 0.29) is 28.0 Å². The van der Waals surface area contributed by atoms with Gasteiger partial charge in [0.1, 0.15) is 5.69 Å². The summed E-state index contributed by atoms with van der Waals surface area (Å²) in [7, 11) is 0.946. The number of hydrogen-bond donors (Lipinski definition) is 3. The average molecular weight is 453 g/mol. The number of fused-ring (bicyclic) bond motifs is 1. The summed E-state index contributed by atoms with van der Waals surface area (Å²) in [4.78, 5) is 78.4. The van der Waals surface area contributed by atoms with Crippen molar-refractivity contribution in [3.63, 3.8) is 0 Å². The van der Waals surface area contributed by atoms with Crippen LogP contribution >= 0.6 is 0 Å². The van der Waals surface area contributed by atoms with E-state index in [0.29, 0.717) is 0 Å². The van der Waals surface area contributed by atoms with Crippen molar-refractivity contribution < 1.29 is 28.8 Å². The number of hydrogen-bond acceptors (Lipinski definition) is 9. The molecular weight excluding hydrogens is 438 g/mol. The smallest absolute Gasteiger partial charge is 0.323 e. The number of nitrogens with two attached hydrogens (primary N) is 1. The van der Waals surface area contributed by atoms with Crippen LogP contribution in [0, 0.1) is 10.1 Å². The normalized spacial score (nSPS) is 11.4. The van der Waals surface area contributed by atoms with Crippen molar-refractivity contribution in [1.82, 2.24) is 9.97 Å². The molecule has 0 saturated heterocycles. The minimum Gasteiger partial charge on any atom is -0.468 e. The van der Waals surface area contributed by atoms with Crippen LogP contribution in [0.4, 0.5) is 11.4 Å². The van der Waals surface area contributed by atoms with E-state index in [4.69, 9.17) is 5.73 Å². The van der Waals surface area contributed by atoms with E-state index in [1.54, 1.807) is 0 Å². The van der Waals surface area contributed by atoms with Gasteiger partial charge in [-0.15, -0.1) is 0 Å². The Kier molecular flexibility index (Phi) is 6.24. The monoisotopic (exact) mass is 453 g/mol. The standard InChI is InChI=1S/C20H15N5O8/c1-33-20(30)14(16(26)19(29)23-11-5-3-2-4-10(11)17(21)27)15-18(28)24-13-8-9(25(31)32)6-7-12(13)22-15/h2-8,14H,1H3,(H2,21,27)(H,23,29)(H,24,28)/t14-/m0/s1. The topological polar surface area (TPSA) is 204 Å². The SMILES string of the molecule is COC(=O)[C@H](C(=O)C(=O)Nc1ccccc1C(N)=O)c1nc2ccc([N+](=O)[O-])cc2[nH]c1=O. The molecule has 0 unspecified atom stereocenters. The van der Waals surface area contributed by atoms with Gasteiger partial charge in [0.25, 0.3) is 23.1 Å². The molecule has 0 aliphatic rings. The summed E-state index contributed by atoms with van der Waals surface area (Å²) < 4.78 is 4.57. The predicted molar refractivity (Wildman–Crippen MR) is 112 cm³/mol. The summed E-state index contributed by atoms with van der Waals surface area (Å²) in [6.07, 6.45) is 0. The number of anilines is 1. The molecule has 4 N–H and O–H groups in total. The quantitative estimate of drug-likeness (QED) is 0.149. The number of para-hydroxylation sites is 1. The number of nitro benzene ring substituents is 1. The van der Waals surface area contributed by atoms with Crippen LogP contribution in [0.5, 0.6) is 0 Å². The number of Topliss-reactive ketones (excluding diaryl/α,β-unsaturated/α-hetero) is 1. The number of ketones is 1. The van der Waals surface area contributed by atoms with Gasteiger partial charge in [-0.3, -0.25) is 34.1 Å². The lowest BCUT2D eigenvalue weighted by Gasteiger charge is -2.14. The van der Waals surface area contributed by atoms with Gasteiger partial charge in [-0.1, -0.05) is 12.1 Å². The van der Waals surface area contributed by atoms with Crippen molar-refractivity contribution in [2.45, 2.75) is 5.92 Å². The number of nitro groups is 1. The first kappa shape index (κ1) is 22.7. The Morgan fingerprint density at radius 1 is 1.18 bits per heavy atom. The lowest BCUT2D eigenvalue weighted by Crippen LogP contribution is -2.37. The summed E-state index contributed by atoms with van der Waals surface area (Å²) in [6, 6.07) is 8.95. The molecule has 0 radical (unpaired) electrons. The zero-order valence-electron chi connectivity index (χ0n) is 16.9. The molecule has 0 fully saturated rings. The molecule has 0 saturated carbocycles. The lowest BCUT2D eigenvalue weighted by atomic mass is 9.99. The molecule has 168 valence electrons. The summed E-state index contributed by atoms with van der Waals surface area (Å²) in [6.45, 7) is 0. The second kappa shape index (κ2) is 9.05. The first-order valence-corrected chi connectivity index (χ1v) is 9.14. The van der Waals surface area contributed by atoms with Crippen LogP contribution < -0.4 is 16.6 Å². The van der Waals surface area contributed by atoms with Crippen LogP contribution in [0.1, 0.15) is 22.0 Å². The summed E-state index contributed by atoms with van der Waals surface area (Å²) in [5.74, 6) is -6.87. The van der Waals surface area contributed by atoms with Gasteiger partial charge < -0.3 is 20.8 Å². The molecule has 3 aromatic rings. The Labute approximate surface area is 183 Å². The van der Waals surface area contributed by atoms with Gasteiger partial charge in [0.15, 0.2) is 5.92 Å². The molecular formula is C20H15N5O8. The fraction of sp³-hybridized carbons (Fsp3) is 0.100. The molecule has 13 nitrogen and oxygen atoms in total. The third-order valence-electron chi connectivity index (χ3n) is 4.55. The van der Waals surface area contributed by atoms with Crippen LogP contribution in [0.15, 0.2) is 47.3 Å². The highest BCUT2D eigenvalue weighted by atomic mass is 16.6. The van der Waals surface area contributed by atoms with Gasteiger partial charge in [-0.05, 0) is 18.2 Å². The number of rotatable bonds is 7. The number of benzene rings is 2. The largest absolute Gasteiger partial charge is 0.468 e. The van der Waals surface area contributed by atoms with E-state index < -0.39 is 45.7 Å². The molecule has 0 bridgehead atoms. The van der Waals surface area contributed by atoms with E-state index in [1.807, 2.05) is 0 Å². The number of nitrogens with zero attached hydrogens (tertiary/aromatic N) is 2. The molecule has 1 heterocycles. The van der Waals surface area contributed by atoms with Crippen LogP contribution in [-0.2, 0) is 19.1 Å². The van der Waals surface area contributed by atoms with Gasteiger partial charge in [0.05, 0.1) is 34.3 Å². The zero-order valence-corrected chi connectivity index (χ0v) is 16.9. The van der Waals surface area contributed by atoms with Crippen LogP contribution in [0.3, 0.4) is 0 Å². The highest BCUT2D eigenvalue weighted by Crippen LogP contribution is 2.21. The third-order valence-corrected chi connectivity index (χ3v) is 4.55. The molecule has 2 aromatic carbocycles. The van der Waals surface area contributed by atoms with Crippen molar-refractivity contribution in [2.75, 3.05) is 12.4 Å². The van der Waals surface area contributed by atoms with E-state index in [2.05, 4.69) is 20.0 Å². The molecule has 0 aliphatic heterocycles. The highest BCUT2D eigenvalue weighted by molar-refractivity contribution is 6.45. The second-order valence-corrected chi connectivity index (χ2v) is 6.59. The van der Waals surface area contributed by atoms with Gasteiger partial charge in [-0.25, -0.2) is 4.98 Å². The van der Waals surface area contributed by atoms with Crippen molar-refractivity contribution >= 4 is 46.0 Å². The lowest BCUT2D eigenvalue weighted by molar-refractivity contribution is -0.384. The number of ether oxygens (including phenoxy) is 1. The number of aromatic nitrogens is 2. The molecule has 1 atom stereocenters. The minimum absolute atomic E-state index is 0.0196. The van der Waals surface area contributed by atoms with Gasteiger partial charge >= 0.3 is 5.97 Å². The van der Waals surface area contributed by atoms with Crippen molar-refractivity contribution in [3.05, 3.63) is 74.2 Å². The van der Waals surface area contributed by atoms with Crippen molar-refractivity contribution in [2.24, 2.45) is 5.73 Å². The molecule has 2 amide bonds. The highest BCUT2D eigenvalue weighted by Gasteiger charge is 2.38. The molecule has 3 rings (SSSR count). The Morgan fingerprint density at radius 3 is 2.52 bits per heavy atom. The van der Waals surface area contributed by atoms with E-state index in [9.17, 15) is 34.1 Å². The maximum Gasteiger partial charge on any atom is 0.323 e. The molecule has 33 heavy (non-hydrogen) atoms. The number of nitrogens with one attached hydrogen (secondary N) is 2. The number of esters is 1. The number of carbonyl (C=O) groups excluding carboxylic acids is 4. The minimum atomic E-state index is -2.04. The first-order valence-electron chi connectivity index (χ1n) is 9.14. The molecule has 0 spiro atoms. The third kappa shape index (κ3) is 4.56. The first-order chi connectivity index (χ1) is 15.6. The second-order valence-electron chi connectivity index (χ2n) is 6.59. The molecule has 13 heteroatoms. The maximum atomic E-state index is 12.9. The Hall–Kier alpha value is -4.94. The van der Waals surface area contributed by atoms with E-state index in [1.165, 1.54) is 30.3 Å². The number of methoxy groups -OCH3 is 1. The van der Waals surface area contributed by atoms with Gasteiger partial charge in [0.2, 0.25) is 5.78 Å². The van der Waals surface area contributed by atoms with E-state index in [0.717, 1.165) is 19.2 Å². The molecule has 0 aliphatic carbocycles. The fourth-order valence-corrected chi connectivity index (χ4v) is 2.98. The van der Waals surface area contributed by atoms with Crippen molar-refractivity contribution in [3.8, 4) is 0 Å². The summed E-state index contributed by atoms with van der Waals surface area (Å²) in [5, 5.41) is 13.1.